The Labute approximate surface area is 201 Å². The van der Waals surface area contributed by atoms with Crippen molar-refractivity contribution in [2.24, 2.45) is 0 Å². The Morgan fingerprint density at radius 3 is 2.46 bits per heavy atom. The van der Waals surface area contributed by atoms with Gasteiger partial charge in [-0.1, -0.05) is 18.2 Å². The number of methoxy groups -OCH3 is 2. The van der Waals surface area contributed by atoms with E-state index in [1.807, 2.05) is 24.3 Å². The van der Waals surface area contributed by atoms with Crippen molar-refractivity contribution in [2.75, 3.05) is 18.9 Å². The van der Waals surface area contributed by atoms with Crippen LogP contribution in [0.25, 0.3) is 28.4 Å². The van der Waals surface area contributed by atoms with Gasteiger partial charge in [-0.25, -0.2) is 8.42 Å². The summed E-state index contributed by atoms with van der Waals surface area (Å²) >= 11 is 0. The van der Waals surface area contributed by atoms with E-state index in [-0.39, 0.29) is 4.90 Å². The average Bonchev–Trinajstić information content (AvgIpc) is 3.32. The number of sulfonamides is 1. The number of hydrogen-bond donors (Lipinski definition) is 1. The molecule has 1 N–H and O–H groups in total. The number of ether oxygens (including phenoxy) is 2. The van der Waals surface area contributed by atoms with Gasteiger partial charge in [-0.3, -0.25) is 9.71 Å². The van der Waals surface area contributed by atoms with Crippen molar-refractivity contribution in [2.45, 2.75) is 4.90 Å². The van der Waals surface area contributed by atoms with E-state index in [0.29, 0.717) is 45.6 Å². The molecule has 0 aliphatic rings. The zero-order valence-corrected chi connectivity index (χ0v) is 19.6. The molecule has 0 atom stereocenters. The molecular formula is C24H20N6O4S. The number of aromatic nitrogens is 5. The van der Waals surface area contributed by atoms with Crippen molar-refractivity contribution in [1.82, 2.24) is 24.8 Å². The molecule has 11 heteroatoms. The van der Waals surface area contributed by atoms with Crippen molar-refractivity contribution < 1.29 is 17.9 Å². The van der Waals surface area contributed by atoms with Crippen LogP contribution in [0.4, 0.5) is 5.69 Å². The molecule has 176 valence electrons. The maximum Gasteiger partial charge on any atom is 0.262 e. The third-order valence-corrected chi connectivity index (χ3v) is 6.61. The van der Waals surface area contributed by atoms with Crippen LogP contribution < -0.4 is 14.2 Å². The molecule has 5 rings (SSSR count). The Morgan fingerprint density at radius 2 is 1.69 bits per heavy atom. The predicted molar refractivity (Wildman–Crippen MR) is 130 cm³/mol. The van der Waals surface area contributed by atoms with E-state index in [9.17, 15) is 8.42 Å². The van der Waals surface area contributed by atoms with E-state index in [1.54, 1.807) is 47.1 Å². The van der Waals surface area contributed by atoms with Crippen LogP contribution in [0.3, 0.4) is 0 Å². The SMILES string of the molecule is COc1ccc(S(=O)(=O)Nc2cccc(-c3ccc4nnc(-c5ccccn5)n4n3)c2)cc1OC. The highest BCUT2D eigenvalue weighted by Crippen LogP contribution is 2.31. The number of hydrogen-bond acceptors (Lipinski definition) is 8. The average molecular weight is 489 g/mol. The minimum absolute atomic E-state index is 0.0459. The topological polar surface area (TPSA) is 121 Å². The first-order valence-electron chi connectivity index (χ1n) is 10.5. The second kappa shape index (κ2) is 9.03. The van der Waals surface area contributed by atoms with Crippen LogP contribution in [0.2, 0.25) is 0 Å². The molecule has 0 aliphatic heterocycles. The quantitative estimate of drug-likeness (QED) is 0.368. The first-order valence-corrected chi connectivity index (χ1v) is 12.0. The molecule has 10 nitrogen and oxygen atoms in total. The lowest BCUT2D eigenvalue weighted by Crippen LogP contribution is -2.13. The van der Waals surface area contributed by atoms with Crippen LogP contribution in [-0.4, -0.2) is 47.4 Å². The van der Waals surface area contributed by atoms with Crippen molar-refractivity contribution in [1.29, 1.82) is 0 Å². The van der Waals surface area contributed by atoms with Gasteiger partial charge in [0, 0.05) is 23.5 Å². The highest BCUT2D eigenvalue weighted by molar-refractivity contribution is 7.92. The molecule has 35 heavy (non-hydrogen) atoms. The van der Waals surface area contributed by atoms with Crippen molar-refractivity contribution in [3.8, 4) is 34.3 Å². The third kappa shape index (κ3) is 4.36. The van der Waals surface area contributed by atoms with Crippen LogP contribution in [0, 0.1) is 0 Å². The minimum atomic E-state index is -3.88. The first kappa shape index (κ1) is 22.3. The minimum Gasteiger partial charge on any atom is -0.493 e. The second-order valence-electron chi connectivity index (χ2n) is 7.43. The Hall–Kier alpha value is -4.51. The van der Waals surface area contributed by atoms with E-state index in [1.165, 1.54) is 26.4 Å². The fourth-order valence-corrected chi connectivity index (χ4v) is 4.60. The summed E-state index contributed by atoms with van der Waals surface area (Å²) in [7, 11) is -0.943. The smallest absolute Gasteiger partial charge is 0.262 e. The van der Waals surface area contributed by atoms with Crippen LogP contribution in [-0.2, 0) is 10.0 Å². The maximum absolute atomic E-state index is 13.0. The fraction of sp³-hybridized carbons (Fsp3) is 0.0833. The number of nitrogens with zero attached hydrogens (tertiary/aromatic N) is 5. The van der Waals surface area contributed by atoms with Gasteiger partial charge >= 0.3 is 0 Å². The van der Waals surface area contributed by atoms with E-state index in [4.69, 9.17) is 9.47 Å². The third-order valence-electron chi connectivity index (χ3n) is 5.23. The molecule has 5 aromatic rings. The van der Waals surface area contributed by atoms with Gasteiger partial charge in [-0.05, 0) is 48.5 Å². The molecule has 0 radical (unpaired) electrons. The number of fused-ring (bicyclic) bond motifs is 1. The summed E-state index contributed by atoms with van der Waals surface area (Å²) in [5.74, 6) is 1.26. The van der Waals surface area contributed by atoms with Crippen LogP contribution in [0.15, 0.2) is 83.9 Å². The van der Waals surface area contributed by atoms with Gasteiger partial charge in [-0.15, -0.1) is 10.2 Å². The Bertz CT molecular complexity index is 1620. The number of rotatable bonds is 7. The molecular weight excluding hydrogens is 468 g/mol. The normalized spacial score (nSPS) is 11.4. The Morgan fingerprint density at radius 1 is 0.829 bits per heavy atom. The molecule has 2 aromatic carbocycles. The molecule has 0 aliphatic carbocycles. The largest absolute Gasteiger partial charge is 0.493 e. The van der Waals surface area contributed by atoms with Crippen molar-refractivity contribution in [3.63, 3.8) is 0 Å². The Kier molecular flexibility index (Phi) is 5.75. The maximum atomic E-state index is 13.0. The molecule has 0 saturated carbocycles. The number of nitrogens with one attached hydrogen (secondary N) is 1. The lowest BCUT2D eigenvalue weighted by Gasteiger charge is -2.12. The van der Waals surface area contributed by atoms with Crippen LogP contribution >= 0.6 is 0 Å². The standard InChI is InChI=1S/C24H20N6O4S/c1-33-21-11-9-18(15-22(21)34-2)35(31,32)29-17-7-5-6-16(14-17)19-10-12-23-26-27-24(30(23)28-19)20-8-3-4-13-25-20/h3-15,29H,1-2H3. The summed E-state index contributed by atoms with van der Waals surface area (Å²) < 4.78 is 40.6. The van der Waals surface area contributed by atoms with Crippen LogP contribution in [0.5, 0.6) is 11.5 Å². The summed E-state index contributed by atoms with van der Waals surface area (Å²) in [5, 5.41) is 13.0. The number of pyridine rings is 1. The summed E-state index contributed by atoms with van der Waals surface area (Å²) in [5.41, 5.74) is 2.91. The zero-order chi connectivity index (χ0) is 24.4. The van der Waals surface area contributed by atoms with Crippen LogP contribution in [0.1, 0.15) is 0 Å². The van der Waals surface area contributed by atoms with E-state index >= 15 is 0 Å². The fourth-order valence-electron chi connectivity index (χ4n) is 3.54. The summed E-state index contributed by atoms with van der Waals surface area (Å²) in [6.45, 7) is 0. The summed E-state index contributed by atoms with van der Waals surface area (Å²) in [4.78, 5) is 4.37. The predicted octanol–water partition coefficient (Wildman–Crippen LogP) is 3.67. The molecule has 3 aromatic heterocycles. The zero-order valence-electron chi connectivity index (χ0n) is 18.8. The van der Waals surface area contributed by atoms with Crippen molar-refractivity contribution in [3.05, 3.63) is 79.0 Å². The lowest BCUT2D eigenvalue weighted by atomic mass is 10.1. The van der Waals surface area contributed by atoms with Gasteiger partial charge in [0.1, 0.15) is 5.69 Å². The monoisotopic (exact) mass is 488 g/mol. The lowest BCUT2D eigenvalue weighted by molar-refractivity contribution is 0.354. The first-order chi connectivity index (χ1) is 17.0. The van der Waals surface area contributed by atoms with Gasteiger partial charge in [0.2, 0.25) is 5.82 Å². The van der Waals surface area contributed by atoms with Gasteiger partial charge in [-0.2, -0.15) is 9.61 Å². The van der Waals surface area contributed by atoms with Gasteiger partial charge < -0.3 is 9.47 Å². The van der Waals surface area contributed by atoms with Gasteiger partial charge in [0.15, 0.2) is 17.1 Å². The Balaban J connectivity index is 1.47. The molecule has 0 saturated heterocycles. The van der Waals surface area contributed by atoms with E-state index in [0.717, 1.165) is 0 Å². The molecule has 0 amide bonds. The highest BCUT2D eigenvalue weighted by atomic mass is 32.2. The molecule has 0 unspecified atom stereocenters. The molecule has 0 bridgehead atoms. The van der Waals surface area contributed by atoms with E-state index in [2.05, 4.69) is 25.0 Å². The summed E-state index contributed by atoms with van der Waals surface area (Å²) in [6.07, 6.45) is 1.67. The number of benzene rings is 2. The molecule has 3 heterocycles. The second-order valence-corrected chi connectivity index (χ2v) is 9.11. The van der Waals surface area contributed by atoms with Gasteiger partial charge in [0.25, 0.3) is 10.0 Å². The van der Waals surface area contributed by atoms with Gasteiger partial charge in [0.05, 0.1) is 24.8 Å². The molecule has 0 fully saturated rings. The molecule has 0 spiro atoms. The number of anilines is 1. The summed E-state index contributed by atoms with van der Waals surface area (Å²) in [6, 6.07) is 20.5. The van der Waals surface area contributed by atoms with Crippen molar-refractivity contribution >= 4 is 21.4 Å². The highest BCUT2D eigenvalue weighted by Gasteiger charge is 2.18. The van der Waals surface area contributed by atoms with E-state index < -0.39 is 10.0 Å².